The summed E-state index contributed by atoms with van der Waals surface area (Å²) in [6.07, 6.45) is 7.85. The molecule has 4 heteroatoms. The predicted octanol–water partition coefficient (Wildman–Crippen LogP) is 3.02. The normalized spacial score (nSPS) is 31.1. The molecular weight excluding hydrogens is 252 g/mol. The maximum Gasteiger partial charge on any atom is 0.317 e. The van der Waals surface area contributed by atoms with Crippen molar-refractivity contribution in [3.8, 4) is 0 Å². The third-order valence-electron chi connectivity index (χ3n) is 4.69. The summed E-state index contributed by atoms with van der Waals surface area (Å²) >= 11 is 0. The van der Waals surface area contributed by atoms with E-state index in [1.807, 2.05) is 4.90 Å². The molecule has 0 aromatic heterocycles. The number of ether oxygens (including phenoxy) is 1. The highest BCUT2D eigenvalue weighted by Gasteiger charge is 2.22. The summed E-state index contributed by atoms with van der Waals surface area (Å²) in [6, 6.07) is 0.0804. The van der Waals surface area contributed by atoms with Gasteiger partial charge in [0.05, 0.1) is 12.7 Å². The van der Waals surface area contributed by atoms with Crippen molar-refractivity contribution in [2.24, 2.45) is 11.8 Å². The first-order valence-electron chi connectivity index (χ1n) is 8.31. The summed E-state index contributed by atoms with van der Waals surface area (Å²) in [4.78, 5) is 14.0. The number of amides is 2. The van der Waals surface area contributed by atoms with E-state index in [0.717, 1.165) is 19.5 Å². The largest absolute Gasteiger partial charge is 0.376 e. The summed E-state index contributed by atoms with van der Waals surface area (Å²) in [5, 5.41) is 2.99. The Bertz CT molecular complexity index is 309. The van der Waals surface area contributed by atoms with Gasteiger partial charge in [0.25, 0.3) is 0 Å². The fourth-order valence-corrected chi connectivity index (χ4v) is 3.38. The zero-order chi connectivity index (χ0) is 14.4. The van der Waals surface area contributed by atoms with Crippen LogP contribution in [0.3, 0.4) is 0 Å². The second-order valence-electron chi connectivity index (χ2n) is 6.60. The van der Waals surface area contributed by atoms with Gasteiger partial charge in [-0.3, -0.25) is 0 Å². The van der Waals surface area contributed by atoms with Gasteiger partial charge in [-0.2, -0.15) is 0 Å². The Morgan fingerprint density at radius 3 is 2.75 bits per heavy atom. The van der Waals surface area contributed by atoms with E-state index in [0.29, 0.717) is 31.1 Å². The number of nitrogens with one attached hydrogen (secondary N) is 1. The Kier molecular flexibility index (Phi) is 6.14. The van der Waals surface area contributed by atoms with Crippen LogP contribution in [0.25, 0.3) is 0 Å². The van der Waals surface area contributed by atoms with Crippen LogP contribution in [-0.4, -0.2) is 43.3 Å². The van der Waals surface area contributed by atoms with E-state index in [2.05, 4.69) is 19.2 Å². The molecule has 0 bridgehead atoms. The van der Waals surface area contributed by atoms with E-state index >= 15 is 0 Å². The molecule has 1 heterocycles. The molecule has 0 aromatic rings. The zero-order valence-corrected chi connectivity index (χ0v) is 13.1. The van der Waals surface area contributed by atoms with Gasteiger partial charge >= 0.3 is 6.03 Å². The molecule has 20 heavy (non-hydrogen) atoms. The quantitative estimate of drug-likeness (QED) is 0.805. The fourth-order valence-electron chi connectivity index (χ4n) is 3.38. The Morgan fingerprint density at radius 1 is 1.20 bits per heavy atom. The second-order valence-corrected chi connectivity index (χ2v) is 6.60. The third-order valence-corrected chi connectivity index (χ3v) is 4.69. The van der Waals surface area contributed by atoms with Crippen molar-refractivity contribution >= 4 is 6.03 Å². The van der Waals surface area contributed by atoms with Gasteiger partial charge < -0.3 is 15.0 Å². The Morgan fingerprint density at radius 2 is 2.00 bits per heavy atom. The lowest BCUT2D eigenvalue weighted by atomic mass is 9.88. The van der Waals surface area contributed by atoms with Gasteiger partial charge in [0.1, 0.15) is 0 Å². The van der Waals surface area contributed by atoms with Crippen LogP contribution in [0.2, 0.25) is 0 Å². The number of rotatable bonds is 4. The molecule has 0 spiro atoms. The summed E-state index contributed by atoms with van der Waals surface area (Å²) < 4.78 is 5.92. The highest BCUT2D eigenvalue weighted by molar-refractivity contribution is 5.74. The van der Waals surface area contributed by atoms with Crippen molar-refractivity contribution in [3.05, 3.63) is 0 Å². The lowest BCUT2D eigenvalue weighted by Crippen LogP contribution is -2.46. The number of carbonyl (C=O) groups excluding carboxylic acids is 1. The minimum atomic E-state index is 0.0804. The average molecular weight is 282 g/mol. The minimum absolute atomic E-state index is 0.0804. The van der Waals surface area contributed by atoms with Gasteiger partial charge in [0.15, 0.2) is 0 Å². The molecule has 2 amide bonds. The molecule has 1 aliphatic heterocycles. The molecule has 2 aliphatic rings. The fraction of sp³-hybridized carbons (Fsp3) is 0.938. The van der Waals surface area contributed by atoms with E-state index in [-0.39, 0.29) is 6.03 Å². The molecule has 116 valence electrons. The lowest BCUT2D eigenvalue weighted by Gasteiger charge is -2.31. The zero-order valence-electron chi connectivity index (χ0n) is 13.1. The first-order valence-corrected chi connectivity index (χ1v) is 8.31. The number of hydrogen-bond donors (Lipinski definition) is 1. The molecule has 0 radical (unpaired) electrons. The topological polar surface area (TPSA) is 41.6 Å². The van der Waals surface area contributed by atoms with Crippen LogP contribution in [0.1, 0.15) is 52.4 Å². The highest BCUT2D eigenvalue weighted by atomic mass is 16.5. The first kappa shape index (κ1) is 15.6. The van der Waals surface area contributed by atoms with Crippen LogP contribution < -0.4 is 5.32 Å². The monoisotopic (exact) mass is 282 g/mol. The first-order chi connectivity index (χ1) is 9.66. The number of piperidine rings is 1. The van der Waals surface area contributed by atoms with Crippen LogP contribution >= 0.6 is 0 Å². The Balaban J connectivity index is 1.59. The summed E-state index contributed by atoms with van der Waals surface area (Å²) in [7, 11) is 0. The molecule has 1 N–H and O–H groups in total. The standard InChI is InChI=1S/C16H30N2O2/c1-13-6-5-10-18(12-13)16(19)17-9-11-20-15-8-4-3-7-14(15)2/h13-15H,3-12H2,1-2H3,(H,17,19). The van der Waals surface area contributed by atoms with Gasteiger partial charge in [-0.25, -0.2) is 4.79 Å². The van der Waals surface area contributed by atoms with Crippen molar-refractivity contribution in [3.63, 3.8) is 0 Å². The lowest BCUT2D eigenvalue weighted by molar-refractivity contribution is -0.00280. The van der Waals surface area contributed by atoms with Crippen LogP contribution in [0.5, 0.6) is 0 Å². The molecule has 2 rings (SSSR count). The van der Waals surface area contributed by atoms with Crippen LogP contribution in [0.15, 0.2) is 0 Å². The molecule has 3 atom stereocenters. The third kappa shape index (κ3) is 4.65. The molecular formula is C16H30N2O2. The maximum atomic E-state index is 12.0. The molecule has 1 aliphatic carbocycles. The maximum absolute atomic E-state index is 12.0. The van der Waals surface area contributed by atoms with E-state index in [4.69, 9.17) is 4.74 Å². The minimum Gasteiger partial charge on any atom is -0.376 e. The molecule has 3 unspecified atom stereocenters. The summed E-state index contributed by atoms with van der Waals surface area (Å²) in [5.74, 6) is 1.30. The van der Waals surface area contributed by atoms with E-state index in [9.17, 15) is 4.79 Å². The van der Waals surface area contributed by atoms with E-state index in [1.165, 1.54) is 32.1 Å². The predicted molar refractivity (Wildman–Crippen MR) is 80.7 cm³/mol. The van der Waals surface area contributed by atoms with Gasteiger partial charge in [-0.15, -0.1) is 0 Å². The number of hydrogen-bond acceptors (Lipinski definition) is 2. The van der Waals surface area contributed by atoms with Gasteiger partial charge in [0.2, 0.25) is 0 Å². The summed E-state index contributed by atoms with van der Waals surface area (Å²) in [6.45, 7) is 7.56. The van der Waals surface area contributed by atoms with Gasteiger partial charge in [-0.05, 0) is 37.5 Å². The van der Waals surface area contributed by atoms with Crippen molar-refractivity contribution < 1.29 is 9.53 Å². The SMILES string of the molecule is CC1CCCN(C(=O)NCCOC2CCCCC2C)C1. The van der Waals surface area contributed by atoms with Gasteiger partial charge in [0, 0.05) is 19.6 Å². The van der Waals surface area contributed by atoms with Crippen molar-refractivity contribution in [2.45, 2.75) is 58.5 Å². The highest BCUT2D eigenvalue weighted by Crippen LogP contribution is 2.26. The number of likely N-dealkylation sites (tertiary alicyclic amines) is 1. The number of nitrogens with zero attached hydrogens (tertiary/aromatic N) is 1. The number of urea groups is 1. The molecule has 2 fully saturated rings. The van der Waals surface area contributed by atoms with Gasteiger partial charge in [-0.1, -0.05) is 26.7 Å². The Hall–Kier alpha value is -0.770. The van der Waals surface area contributed by atoms with Crippen molar-refractivity contribution in [1.82, 2.24) is 10.2 Å². The van der Waals surface area contributed by atoms with Crippen molar-refractivity contribution in [2.75, 3.05) is 26.2 Å². The van der Waals surface area contributed by atoms with Crippen molar-refractivity contribution in [1.29, 1.82) is 0 Å². The van der Waals surface area contributed by atoms with E-state index in [1.54, 1.807) is 0 Å². The van der Waals surface area contributed by atoms with Crippen LogP contribution in [0.4, 0.5) is 4.79 Å². The molecule has 1 saturated heterocycles. The molecule has 1 saturated carbocycles. The smallest absolute Gasteiger partial charge is 0.317 e. The Labute approximate surface area is 123 Å². The van der Waals surface area contributed by atoms with Crippen LogP contribution in [-0.2, 0) is 4.74 Å². The summed E-state index contributed by atoms with van der Waals surface area (Å²) in [5.41, 5.74) is 0. The van der Waals surface area contributed by atoms with Crippen LogP contribution in [0, 0.1) is 11.8 Å². The number of carbonyl (C=O) groups is 1. The molecule has 0 aromatic carbocycles. The van der Waals surface area contributed by atoms with E-state index < -0.39 is 0 Å². The average Bonchev–Trinajstić information content (AvgIpc) is 2.45. The second kappa shape index (κ2) is 7.87. The molecule has 4 nitrogen and oxygen atoms in total.